The van der Waals surface area contributed by atoms with Crippen LogP contribution in [0.4, 0.5) is 10.5 Å². The molecule has 2 aromatic rings. The molecule has 0 heterocycles. The summed E-state index contributed by atoms with van der Waals surface area (Å²) in [5.74, 6) is -0.210. The first-order valence-electron chi connectivity index (χ1n) is 8.79. The Bertz CT molecular complexity index is 775. The summed E-state index contributed by atoms with van der Waals surface area (Å²) >= 11 is 0. The van der Waals surface area contributed by atoms with Crippen LogP contribution in [0.2, 0.25) is 0 Å². The average Bonchev–Trinajstić information content (AvgIpc) is 2.59. The maximum absolute atomic E-state index is 12.3. The zero-order chi connectivity index (χ0) is 20.0. The van der Waals surface area contributed by atoms with Crippen molar-refractivity contribution in [3.05, 3.63) is 65.2 Å². The van der Waals surface area contributed by atoms with Crippen LogP contribution in [-0.4, -0.2) is 22.7 Å². The molecule has 27 heavy (non-hydrogen) atoms. The fourth-order valence-corrected chi connectivity index (χ4v) is 2.32. The number of ether oxygens (including phenoxy) is 1. The minimum atomic E-state index is -0.572. The number of nitrogens with one attached hydrogen (secondary N) is 2. The molecule has 6 heteroatoms. The van der Waals surface area contributed by atoms with Crippen molar-refractivity contribution < 1.29 is 19.4 Å². The quantitative estimate of drug-likeness (QED) is 0.742. The van der Waals surface area contributed by atoms with E-state index in [0.29, 0.717) is 17.8 Å². The van der Waals surface area contributed by atoms with E-state index in [1.807, 2.05) is 24.3 Å². The standard InChI is InChI=1S/C21H26N2O4/c1-14(24)16-7-5-15(6-8-16)13-22-19(25)17-9-11-18(12-10-17)23-20(26)27-21(2,3)4/h5-12,14,24H,13H2,1-4H3,(H,22,25)(H,23,26)/t14-/m1/s1. The molecule has 2 aromatic carbocycles. The van der Waals surface area contributed by atoms with Gasteiger partial charge in [0.1, 0.15) is 5.60 Å². The van der Waals surface area contributed by atoms with Crippen LogP contribution in [0.3, 0.4) is 0 Å². The van der Waals surface area contributed by atoms with E-state index < -0.39 is 17.8 Å². The van der Waals surface area contributed by atoms with Crippen LogP contribution in [0.15, 0.2) is 48.5 Å². The zero-order valence-electron chi connectivity index (χ0n) is 16.1. The van der Waals surface area contributed by atoms with Crippen LogP contribution >= 0.6 is 0 Å². The van der Waals surface area contributed by atoms with E-state index in [1.165, 1.54) is 0 Å². The van der Waals surface area contributed by atoms with Crippen molar-refractivity contribution >= 4 is 17.7 Å². The Hall–Kier alpha value is -2.86. The summed E-state index contributed by atoms with van der Waals surface area (Å²) in [5.41, 5.74) is 2.24. The van der Waals surface area contributed by atoms with Gasteiger partial charge in [-0.25, -0.2) is 4.79 Å². The molecule has 2 amide bonds. The predicted molar refractivity (Wildman–Crippen MR) is 105 cm³/mol. The van der Waals surface area contributed by atoms with Gasteiger partial charge in [0.2, 0.25) is 0 Å². The molecule has 144 valence electrons. The number of anilines is 1. The highest BCUT2D eigenvalue weighted by Crippen LogP contribution is 2.14. The van der Waals surface area contributed by atoms with E-state index in [9.17, 15) is 14.7 Å². The molecular formula is C21H26N2O4. The smallest absolute Gasteiger partial charge is 0.412 e. The largest absolute Gasteiger partial charge is 0.444 e. The second kappa shape index (κ2) is 8.68. The summed E-state index contributed by atoms with van der Waals surface area (Å²) in [7, 11) is 0. The maximum Gasteiger partial charge on any atom is 0.412 e. The van der Waals surface area contributed by atoms with Crippen LogP contribution in [0.1, 0.15) is 55.3 Å². The molecule has 0 unspecified atom stereocenters. The Morgan fingerprint density at radius 1 is 1.04 bits per heavy atom. The van der Waals surface area contributed by atoms with Gasteiger partial charge in [-0.1, -0.05) is 24.3 Å². The summed E-state index contributed by atoms with van der Waals surface area (Å²) in [6.07, 6.45) is -1.05. The number of carbonyl (C=O) groups is 2. The molecule has 0 fully saturated rings. The first kappa shape index (κ1) is 20.5. The van der Waals surface area contributed by atoms with Crippen LogP contribution in [0.25, 0.3) is 0 Å². The topological polar surface area (TPSA) is 87.7 Å². The third kappa shape index (κ3) is 6.75. The molecule has 0 saturated heterocycles. The van der Waals surface area contributed by atoms with E-state index in [1.54, 1.807) is 52.0 Å². The number of amides is 2. The second-order valence-corrected chi connectivity index (χ2v) is 7.30. The third-order valence-electron chi connectivity index (χ3n) is 3.71. The zero-order valence-corrected chi connectivity index (χ0v) is 16.1. The van der Waals surface area contributed by atoms with Crippen molar-refractivity contribution in [1.82, 2.24) is 5.32 Å². The Balaban J connectivity index is 1.88. The molecule has 0 radical (unpaired) electrons. The summed E-state index contributed by atoms with van der Waals surface area (Å²) in [4.78, 5) is 24.0. The highest BCUT2D eigenvalue weighted by Gasteiger charge is 2.16. The van der Waals surface area contributed by atoms with Gasteiger partial charge in [0.05, 0.1) is 6.10 Å². The lowest BCUT2D eigenvalue weighted by Gasteiger charge is -2.19. The highest BCUT2D eigenvalue weighted by molar-refractivity contribution is 5.95. The molecule has 0 bridgehead atoms. The monoisotopic (exact) mass is 370 g/mol. The number of aliphatic hydroxyl groups excluding tert-OH is 1. The molecule has 0 aliphatic carbocycles. The van der Waals surface area contributed by atoms with Gasteiger partial charge in [0.15, 0.2) is 0 Å². The van der Waals surface area contributed by atoms with Crippen LogP contribution in [0.5, 0.6) is 0 Å². The Kier molecular flexibility index (Phi) is 6.58. The van der Waals surface area contributed by atoms with Crippen molar-refractivity contribution in [1.29, 1.82) is 0 Å². The third-order valence-corrected chi connectivity index (χ3v) is 3.71. The summed E-state index contributed by atoms with van der Waals surface area (Å²) < 4.78 is 5.18. The van der Waals surface area contributed by atoms with E-state index in [2.05, 4.69) is 10.6 Å². The van der Waals surface area contributed by atoms with E-state index in [-0.39, 0.29) is 5.91 Å². The lowest BCUT2D eigenvalue weighted by molar-refractivity contribution is 0.0635. The predicted octanol–water partition coefficient (Wildman–Crippen LogP) is 4.02. The van der Waals surface area contributed by atoms with Crippen molar-refractivity contribution in [2.24, 2.45) is 0 Å². The van der Waals surface area contributed by atoms with Crippen LogP contribution in [0, 0.1) is 0 Å². The number of carbonyl (C=O) groups excluding carboxylic acids is 2. The van der Waals surface area contributed by atoms with Gasteiger partial charge >= 0.3 is 6.09 Å². The van der Waals surface area contributed by atoms with Crippen molar-refractivity contribution in [2.45, 2.75) is 45.9 Å². The van der Waals surface area contributed by atoms with Gasteiger partial charge in [-0.3, -0.25) is 10.1 Å². The fraction of sp³-hybridized carbons (Fsp3) is 0.333. The van der Waals surface area contributed by atoms with Crippen molar-refractivity contribution in [3.8, 4) is 0 Å². The highest BCUT2D eigenvalue weighted by atomic mass is 16.6. The maximum atomic E-state index is 12.3. The molecule has 3 N–H and O–H groups in total. The molecule has 6 nitrogen and oxygen atoms in total. The van der Waals surface area contributed by atoms with Gasteiger partial charge in [0.25, 0.3) is 5.91 Å². The van der Waals surface area contributed by atoms with Crippen LogP contribution in [-0.2, 0) is 11.3 Å². The molecule has 0 spiro atoms. The molecular weight excluding hydrogens is 344 g/mol. The van der Waals surface area contributed by atoms with Gasteiger partial charge in [-0.2, -0.15) is 0 Å². The van der Waals surface area contributed by atoms with Crippen molar-refractivity contribution in [3.63, 3.8) is 0 Å². The van der Waals surface area contributed by atoms with Crippen molar-refractivity contribution in [2.75, 3.05) is 5.32 Å². The lowest BCUT2D eigenvalue weighted by Crippen LogP contribution is -2.27. The number of benzene rings is 2. The van der Waals surface area contributed by atoms with Crippen LogP contribution < -0.4 is 10.6 Å². The summed E-state index contributed by atoms with van der Waals surface area (Å²) in [6, 6.07) is 14.0. The minimum Gasteiger partial charge on any atom is -0.444 e. The molecule has 0 aromatic heterocycles. The molecule has 1 atom stereocenters. The SMILES string of the molecule is C[C@@H](O)c1ccc(CNC(=O)c2ccc(NC(=O)OC(C)(C)C)cc2)cc1. The normalized spacial score (nSPS) is 12.2. The number of rotatable bonds is 5. The first-order valence-corrected chi connectivity index (χ1v) is 8.79. The first-order chi connectivity index (χ1) is 12.6. The minimum absolute atomic E-state index is 0.210. The Morgan fingerprint density at radius 3 is 2.15 bits per heavy atom. The fourth-order valence-electron chi connectivity index (χ4n) is 2.32. The van der Waals surface area contributed by atoms with Gasteiger partial charge in [-0.05, 0) is 63.1 Å². The molecule has 0 saturated carbocycles. The molecule has 0 aliphatic heterocycles. The van der Waals surface area contributed by atoms with Gasteiger partial charge in [-0.15, -0.1) is 0 Å². The Morgan fingerprint density at radius 2 is 1.63 bits per heavy atom. The van der Waals surface area contributed by atoms with E-state index in [4.69, 9.17) is 4.74 Å². The molecule has 0 aliphatic rings. The van der Waals surface area contributed by atoms with E-state index >= 15 is 0 Å². The second-order valence-electron chi connectivity index (χ2n) is 7.30. The molecule has 2 rings (SSSR count). The van der Waals surface area contributed by atoms with Gasteiger partial charge in [0, 0.05) is 17.8 Å². The average molecular weight is 370 g/mol. The summed E-state index contributed by atoms with van der Waals surface area (Å²) in [5, 5.41) is 15.0. The van der Waals surface area contributed by atoms with Gasteiger partial charge < -0.3 is 15.2 Å². The number of aliphatic hydroxyl groups is 1. The van der Waals surface area contributed by atoms with E-state index in [0.717, 1.165) is 11.1 Å². The lowest BCUT2D eigenvalue weighted by atomic mass is 10.1. The Labute approximate surface area is 159 Å². The summed E-state index contributed by atoms with van der Waals surface area (Å²) in [6.45, 7) is 7.46. The number of hydrogen-bond donors (Lipinski definition) is 3. The number of hydrogen-bond acceptors (Lipinski definition) is 4.